The zero-order chi connectivity index (χ0) is 13.1. The van der Waals surface area contributed by atoms with Crippen molar-refractivity contribution in [3.05, 3.63) is 47.0 Å². The predicted molar refractivity (Wildman–Crippen MR) is 72.4 cm³/mol. The van der Waals surface area contributed by atoms with Crippen LogP contribution in [0.3, 0.4) is 0 Å². The van der Waals surface area contributed by atoms with Crippen molar-refractivity contribution in [1.82, 2.24) is 10.3 Å². The van der Waals surface area contributed by atoms with Gasteiger partial charge in [0.25, 0.3) is 0 Å². The van der Waals surface area contributed by atoms with Crippen LogP contribution in [0.2, 0.25) is 0 Å². The molecular weight excluding hydrogens is 226 g/mol. The molecule has 1 atom stereocenters. The molecule has 1 unspecified atom stereocenters. The van der Waals surface area contributed by atoms with Gasteiger partial charge in [-0.3, -0.25) is 0 Å². The minimum Gasteiger partial charge on any atom is -0.469 e. The molecule has 2 rings (SSSR count). The molecule has 0 aliphatic carbocycles. The Morgan fingerprint density at radius 3 is 2.72 bits per heavy atom. The highest BCUT2D eigenvalue weighted by atomic mass is 16.3. The van der Waals surface area contributed by atoms with Gasteiger partial charge in [-0.25, -0.2) is 4.98 Å². The second-order valence-corrected chi connectivity index (χ2v) is 4.35. The molecule has 4 heteroatoms. The highest BCUT2D eigenvalue weighted by molar-refractivity contribution is 5.50. The summed E-state index contributed by atoms with van der Waals surface area (Å²) in [6, 6.07) is 3.99. The first kappa shape index (κ1) is 12.6. The Morgan fingerprint density at radius 1 is 1.39 bits per heavy atom. The number of aromatic nitrogens is 1. The van der Waals surface area contributed by atoms with Gasteiger partial charge in [0.1, 0.15) is 11.6 Å². The fourth-order valence-corrected chi connectivity index (χ4v) is 2.23. The van der Waals surface area contributed by atoms with Crippen LogP contribution in [0.1, 0.15) is 35.4 Å². The van der Waals surface area contributed by atoms with E-state index in [4.69, 9.17) is 10.2 Å². The van der Waals surface area contributed by atoms with Crippen molar-refractivity contribution in [1.29, 1.82) is 0 Å². The highest BCUT2D eigenvalue weighted by Crippen LogP contribution is 2.30. The van der Waals surface area contributed by atoms with E-state index in [9.17, 15) is 0 Å². The number of aryl methyl sites for hydroxylation is 2. The van der Waals surface area contributed by atoms with Gasteiger partial charge in [0.15, 0.2) is 0 Å². The zero-order valence-corrected chi connectivity index (χ0v) is 11.0. The number of pyridine rings is 1. The fraction of sp³-hybridized carbons (Fsp3) is 0.357. The molecule has 0 radical (unpaired) electrons. The van der Waals surface area contributed by atoms with Crippen LogP contribution in [0.4, 0.5) is 5.82 Å². The van der Waals surface area contributed by atoms with Gasteiger partial charge < -0.3 is 15.5 Å². The second kappa shape index (κ2) is 5.23. The Labute approximate surface area is 107 Å². The van der Waals surface area contributed by atoms with Crippen LogP contribution >= 0.6 is 0 Å². The number of rotatable bonds is 4. The summed E-state index contributed by atoms with van der Waals surface area (Å²) >= 11 is 0. The van der Waals surface area contributed by atoms with Gasteiger partial charge in [-0.1, -0.05) is 6.92 Å². The Kier molecular flexibility index (Phi) is 3.67. The molecule has 0 bridgehead atoms. The van der Waals surface area contributed by atoms with E-state index >= 15 is 0 Å². The van der Waals surface area contributed by atoms with Crippen molar-refractivity contribution >= 4 is 5.82 Å². The first-order chi connectivity index (χ1) is 8.65. The lowest BCUT2D eigenvalue weighted by Gasteiger charge is -2.21. The van der Waals surface area contributed by atoms with Crippen molar-refractivity contribution in [2.75, 3.05) is 12.3 Å². The van der Waals surface area contributed by atoms with Gasteiger partial charge in [0.05, 0.1) is 12.3 Å². The van der Waals surface area contributed by atoms with Crippen molar-refractivity contribution in [2.24, 2.45) is 0 Å². The molecule has 2 heterocycles. The Hall–Kier alpha value is -1.81. The summed E-state index contributed by atoms with van der Waals surface area (Å²) in [4.78, 5) is 4.19. The molecule has 0 aliphatic rings. The van der Waals surface area contributed by atoms with E-state index in [-0.39, 0.29) is 6.04 Å². The molecular formula is C14H19N3O. The maximum absolute atomic E-state index is 6.03. The lowest BCUT2D eigenvalue weighted by Crippen LogP contribution is -2.24. The first-order valence-electron chi connectivity index (χ1n) is 6.13. The molecule has 18 heavy (non-hydrogen) atoms. The molecule has 4 nitrogen and oxygen atoms in total. The predicted octanol–water partition coefficient (Wildman–Crippen LogP) is 2.57. The van der Waals surface area contributed by atoms with Crippen molar-refractivity contribution < 1.29 is 4.42 Å². The minimum atomic E-state index is 0.0300. The van der Waals surface area contributed by atoms with Gasteiger partial charge >= 0.3 is 0 Å². The van der Waals surface area contributed by atoms with Crippen molar-refractivity contribution in [3.8, 4) is 0 Å². The third-order valence-electron chi connectivity index (χ3n) is 3.15. The van der Waals surface area contributed by atoms with E-state index in [0.29, 0.717) is 5.82 Å². The van der Waals surface area contributed by atoms with Crippen LogP contribution in [0.15, 0.2) is 29.0 Å². The summed E-state index contributed by atoms with van der Waals surface area (Å²) in [6.07, 6.45) is 3.44. The average Bonchev–Trinajstić information content (AvgIpc) is 2.74. The molecule has 0 aliphatic heterocycles. The maximum Gasteiger partial charge on any atom is 0.128 e. The van der Waals surface area contributed by atoms with E-state index in [0.717, 1.165) is 29.0 Å². The summed E-state index contributed by atoms with van der Waals surface area (Å²) in [5, 5.41) is 3.44. The summed E-state index contributed by atoms with van der Waals surface area (Å²) in [6.45, 7) is 6.93. The van der Waals surface area contributed by atoms with Gasteiger partial charge in [-0.05, 0) is 38.1 Å². The first-order valence-corrected chi connectivity index (χ1v) is 6.13. The van der Waals surface area contributed by atoms with Crippen LogP contribution in [0.25, 0.3) is 0 Å². The molecule has 0 amide bonds. The molecule has 0 fully saturated rings. The highest BCUT2D eigenvalue weighted by Gasteiger charge is 2.21. The SMILES string of the molecule is CCNC(c1ccoc1C)c1c(C)ccnc1N. The van der Waals surface area contributed by atoms with Gasteiger partial charge in [-0.2, -0.15) is 0 Å². The molecule has 0 aromatic carbocycles. The molecule has 3 N–H and O–H groups in total. The monoisotopic (exact) mass is 245 g/mol. The average molecular weight is 245 g/mol. The Morgan fingerprint density at radius 2 is 2.17 bits per heavy atom. The number of hydrogen-bond acceptors (Lipinski definition) is 4. The number of nitrogens with zero attached hydrogens (tertiary/aromatic N) is 1. The van der Waals surface area contributed by atoms with Gasteiger partial charge in [0.2, 0.25) is 0 Å². The summed E-state index contributed by atoms with van der Waals surface area (Å²) < 4.78 is 5.39. The minimum absolute atomic E-state index is 0.0300. The third kappa shape index (κ3) is 2.24. The van der Waals surface area contributed by atoms with E-state index in [2.05, 4.69) is 17.2 Å². The summed E-state index contributed by atoms with van der Waals surface area (Å²) in [5.41, 5.74) is 9.30. The van der Waals surface area contributed by atoms with Gasteiger partial charge in [-0.15, -0.1) is 0 Å². The topological polar surface area (TPSA) is 64.1 Å². The number of nitrogens with two attached hydrogens (primary N) is 1. The summed E-state index contributed by atoms with van der Waals surface area (Å²) in [5.74, 6) is 1.48. The van der Waals surface area contributed by atoms with E-state index < -0.39 is 0 Å². The number of anilines is 1. The number of nitrogen functional groups attached to an aromatic ring is 1. The quantitative estimate of drug-likeness (QED) is 0.869. The van der Waals surface area contributed by atoms with Crippen LogP contribution in [0.5, 0.6) is 0 Å². The van der Waals surface area contributed by atoms with Gasteiger partial charge in [0, 0.05) is 17.3 Å². The van der Waals surface area contributed by atoms with Crippen LogP contribution in [-0.2, 0) is 0 Å². The van der Waals surface area contributed by atoms with E-state index in [1.807, 2.05) is 26.0 Å². The Bertz CT molecular complexity index is 513. The maximum atomic E-state index is 6.03. The molecule has 0 spiro atoms. The largest absolute Gasteiger partial charge is 0.469 e. The number of furan rings is 1. The standard InChI is InChI=1S/C14H19N3O/c1-4-16-13(11-6-8-18-10(11)3)12-9(2)5-7-17-14(12)15/h5-8,13,16H,4H2,1-3H3,(H2,15,17). The van der Waals surface area contributed by atoms with E-state index in [1.54, 1.807) is 12.5 Å². The lowest BCUT2D eigenvalue weighted by molar-refractivity contribution is 0.519. The van der Waals surface area contributed by atoms with Crippen LogP contribution in [0, 0.1) is 13.8 Å². The van der Waals surface area contributed by atoms with Crippen molar-refractivity contribution in [3.63, 3.8) is 0 Å². The molecule has 0 saturated heterocycles. The van der Waals surface area contributed by atoms with Crippen LogP contribution in [-0.4, -0.2) is 11.5 Å². The zero-order valence-electron chi connectivity index (χ0n) is 11.0. The van der Waals surface area contributed by atoms with Crippen LogP contribution < -0.4 is 11.1 Å². The third-order valence-corrected chi connectivity index (χ3v) is 3.15. The molecule has 96 valence electrons. The molecule has 0 saturated carbocycles. The lowest BCUT2D eigenvalue weighted by atomic mass is 9.96. The number of nitrogens with one attached hydrogen (secondary N) is 1. The summed E-state index contributed by atoms with van der Waals surface area (Å²) in [7, 11) is 0. The molecule has 2 aromatic rings. The molecule has 2 aromatic heterocycles. The van der Waals surface area contributed by atoms with Crippen molar-refractivity contribution in [2.45, 2.75) is 26.8 Å². The number of hydrogen-bond donors (Lipinski definition) is 2. The fourth-order valence-electron chi connectivity index (χ4n) is 2.23. The second-order valence-electron chi connectivity index (χ2n) is 4.35. The normalized spacial score (nSPS) is 12.6. The smallest absolute Gasteiger partial charge is 0.128 e. The van der Waals surface area contributed by atoms with E-state index in [1.165, 1.54) is 0 Å². The Balaban J connectivity index is 2.52.